The smallest absolute Gasteiger partial charge is 0.318 e. The van der Waals surface area contributed by atoms with E-state index in [2.05, 4.69) is 28.2 Å². The number of allylic oxidation sites excluding steroid dienone is 1. The van der Waals surface area contributed by atoms with Crippen molar-refractivity contribution in [3.63, 3.8) is 0 Å². The summed E-state index contributed by atoms with van der Waals surface area (Å²) in [5.74, 6) is 0.633. The molecule has 2 aromatic rings. The Morgan fingerprint density at radius 2 is 1.96 bits per heavy atom. The first kappa shape index (κ1) is 19.9. The molecule has 0 spiro atoms. The summed E-state index contributed by atoms with van der Waals surface area (Å²) in [6.45, 7) is 14.6. The second-order valence-electron chi connectivity index (χ2n) is 7.72. The molecule has 1 aromatic heterocycles. The first-order valence-electron chi connectivity index (χ1n) is 9.71. The summed E-state index contributed by atoms with van der Waals surface area (Å²) in [6.07, 6.45) is 0.719. The zero-order valence-corrected chi connectivity index (χ0v) is 17.2. The number of aromatic nitrogens is 2. The molecule has 7 nitrogen and oxygen atoms in total. The lowest BCUT2D eigenvalue weighted by Gasteiger charge is -2.36. The highest BCUT2D eigenvalue weighted by Gasteiger charge is 2.29. The van der Waals surface area contributed by atoms with Gasteiger partial charge in [0.2, 0.25) is 5.89 Å². The molecule has 3 rings (SSSR count). The zero-order chi connectivity index (χ0) is 20.3. The van der Waals surface area contributed by atoms with Gasteiger partial charge in [-0.25, -0.2) is 4.79 Å². The van der Waals surface area contributed by atoms with Crippen LogP contribution in [-0.2, 0) is 12.0 Å². The average molecular weight is 383 g/mol. The highest BCUT2D eigenvalue weighted by atomic mass is 16.4. The van der Waals surface area contributed by atoms with Crippen molar-refractivity contribution >= 4 is 17.6 Å². The summed E-state index contributed by atoms with van der Waals surface area (Å²) in [7, 11) is 0. The molecule has 2 heterocycles. The summed E-state index contributed by atoms with van der Waals surface area (Å²) in [6, 6.07) is 8.62. The van der Waals surface area contributed by atoms with E-state index in [9.17, 15) is 4.79 Å². The molecule has 1 aliphatic heterocycles. The number of nitrogens with zero attached hydrogens (tertiary/aromatic N) is 4. The quantitative estimate of drug-likeness (QED) is 0.856. The van der Waals surface area contributed by atoms with E-state index in [1.165, 1.54) is 0 Å². The van der Waals surface area contributed by atoms with E-state index in [0.717, 1.165) is 23.1 Å². The van der Waals surface area contributed by atoms with Crippen molar-refractivity contribution < 1.29 is 9.21 Å². The monoisotopic (exact) mass is 383 g/mol. The topological polar surface area (TPSA) is 74.5 Å². The number of amides is 2. The third kappa shape index (κ3) is 4.35. The largest absolute Gasteiger partial charge is 0.408 e. The van der Waals surface area contributed by atoms with E-state index in [-0.39, 0.29) is 6.03 Å². The van der Waals surface area contributed by atoms with Crippen LogP contribution in [0.2, 0.25) is 0 Å². The van der Waals surface area contributed by atoms with Crippen LogP contribution < -0.4 is 10.2 Å². The molecule has 0 unspecified atom stereocenters. The number of hydrogen-bond acceptors (Lipinski definition) is 5. The van der Waals surface area contributed by atoms with Gasteiger partial charge in [0, 0.05) is 32.6 Å². The number of nitrogens with one attached hydrogen (secondary N) is 1. The summed E-state index contributed by atoms with van der Waals surface area (Å²) in [4.78, 5) is 16.7. The molecule has 150 valence electrons. The Hall–Kier alpha value is -2.83. The number of carbonyl (C=O) groups is 1. The number of hydrogen-bond donors (Lipinski definition) is 1. The Labute approximate surface area is 166 Å². The van der Waals surface area contributed by atoms with Crippen LogP contribution in [-0.4, -0.2) is 47.3 Å². The van der Waals surface area contributed by atoms with Gasteiger partial charge in [0.05, 0.1) is 5.54 Å². The third-order valence-corrected chi connectivity index (χ3v) is 5.09. The van der Waals surface area contributed by atoms with Gasteiger partial charge in [-0.3, -0.25) is 0 Å². The fourth-order valence-corrected chi connectivity index (χ4v) is 3.21. The maximum atomic E-state index is 12.8. The van der Waals surface area contributed by atoms with Crippen molar-refractivity contribution in [2.75, 3.05) is 31.1 Å². The second-order valence-corrected chi connectivity index (χ2v) is 7.72. The van der Waals surface area contributed by atoms with Crippen molar-refractivity contribution in [1.82, 2.24) is 20.4 Å². The number of benzene rings is 1. The van der Waals surface area contributed by atoms with Crippen molar-refractivity contribution in [2.24, 2.45) is 0 Å². The van der Waals surface area contributed by atoms with Gasteiger partial charge in [-0.2, -0.15) is 0 Å². The molecule has 0 bridgehead atoms. The van der Waals surface area contributed by atoms with E-state index in [1.807, 2.05) is 55.7 Å². The van der Waals surface area contributed by atoms with Gasteiger partial charge < -0.3 is 19.5 Å². The normalized spacial score (nSPS) is 14.9. The minimum absolute atomic E-state index is 0.0647. The maximum Gasteiger partial charge on any atom is 0.318 e. The summed E-state index contributed by atoms with van der Waals surface area (Å²) in [5, 5.41) is 11.3. The van der Waals surface area contributed by atoms with Gasteiger partial charge in [-0.05, 0) is 38.0 Å². The van der Waals surface area contributed by atoms with Crippen LogP contribution in [0.5, 0.6) is 0 Å². The van der Waals surface area contributed by atoms with Crippen molar-refractivity contribution in [3.8, 4) is 0 Å². The van der Waals surface area contributed by atoms with Crippen molar-refractivity contribution in [3.05, 3.63) is 47.9 Å². The summed E-state index contributed by atoms with van der Waals surface area (Å²) in [5.41, 5.74) is 2.66. The van der Waals surface area contributed by atoms with Gasteiger partial charge in [-0.1, -0.05) is 42.4 Å². The molecule has 0 atom stereocenters. The Morgan fingerprint density at radius 1 is 1.25 bits per heavy atom. The van der Waals surface area contributed by atoms with Gasteiger partial charge >= 0.3 is 12.0 Å². The number of carbonyl (C=O) groups excluding carboxylic acids is 1. The van der Waals surface area contributed by atoms with Crippen molar-refractivity contribution in [1.29, 1.82) is 0 Å². The molecule has 7 heteroatoms. The van der Waals surface area contributed by atoms with E-state index < -0.39 is 5.54 Å². The molecule has 1 N–H and O–H groups in total. The Morgan fingerprint density at radius 3 is 2.57 bits per heavy atom. The molecule has 0 radical (unpaired) electrons. The minimum atomic E-state index is -0.484. The molecular weight excluding hydrogens is 354 g/mol. The van der Waals surface area contributed by atoms with Crippen LogP contribution in [0.4, 0.5) is 10.8 Å². The molecule has 2 amide bonds. The molecule has 1 fully saturated rings. The first-order valence-corrected chi connectivity index (χ1v) is 9.71. The predicted octanol–water partition coefficient (Wildman–Crippen LogP) is 3.43. The lowest BCUT2D eigenvalue weighted by atomic mass is 9.92. The first-order chi connectivity index (χ1) is 13.3. The van der Waals surface area contributed by atoms with Crippen LogP contribution in [0.3, 0.4) is 0 Å². The minimum Gasteiger partial charge on any atom is -0.408 e. The van der Waals surface area contributed by atoms with Gasteiger partial charge in [0.25, 0.3) is 0 Å². The molecule has 1 aliphatic rings. The standard InChI is InChI=1S/C21H29N5O2/c1-6-18-23-24-20(28-18)26-12-10-25(11-13-26)19(27)22-21(4,5)17-9-7-8-16(14-17)15(2)3/h7-9,14H,2,6,10-13H2,1,3-5H3,(H,22,27). The number of urea groups is 1. The van der Waals surface area contributed by atoms with E-state index >= 15 is 0 Å². The Bertz CT molecular complexity index is 850. The summed E-state index contributed by atoms with van der Waals surface area (Å²) >= 11 is 0. The summed E-state index contributed by atoms with van der Waals surface area (Å²) < 4.78 is 5.61. The number of anilines is 1. The molecule has 1 saturated heterocycles. The lowest BCUT2D eigenvalue weighted by Crippen LogP contribution is -2.55. The van der Waals surface area contributed by atoms with E-state index in [1.54, 1.807) is 0 Å². The zero-order valence-electron chi connectivity index (χ0n) is 17.2. The van der Waals surface area contributed by atoms with Gasteiger partial charge in [0.1, 0.15) is 0 Å². The molecule has 28 heavy (non-hydrogen) atoms. The second kappa shape index (κ2) is 8.04. The highest BCUT2D eigenvalue weighted by Crippen LogP contribution is 2.24. The van der Waals surface area contributed by atoms with Crippen LogP contribution >= 0.6 is 0 Å². The molecule has 0 saturated carbocycles. The highest BCUT2D eigenvalue weighted by molar-refractivity contribution is 5.75. The Balaban J connectivity index is 1.60. The number of rotatable bonds is 5. The fraction of sp³-hybridized carbons (Fsp3) is 0.476. The van der Waals surface area contributed by atoms with Crippen LogP contribution in [0.15, 0.2) is 35.3 Å². The number of piperazine rings is 1. The predicted molar refractivity (Wildman–Crippen MR) is 110 cm³/mol. The van der Waals surface area contributed by atoms with E-state index in [0.29, 0.717) is 38.1 Å². The van der Waals surface area contributed by atoms with Crippen LogP contribution in [0.1, 0.15) is 44.7 Å². The Kier molecular flexibility index (Phi) is 5.72. The molecule has 0 aliphatic carbocycles. The molecular formula is C21H29N5O2. The van der Waals surface area contributed by atoms with Crippen LogP contribution in [0, 0.1) is 0 Å². The molecule has 1 aromatic carbocycles. The van der Waals surface area contributed by atoms with E-state index in [4.69, 9.17) is 4.42 Å². The van der Waals surface area contributed by atoms with Crippen LogP contribution in [0.25, 0.3) is 5.57 Å². The third-order valence-electron chi connectivity index (χ3n) is 5.09. The average Bonchev–Trinajstić information content (AvgIpc) is 3.17. The number of aryl methyl sites for hydroxylation is 1. The van der Waals surface area contributed by atoms with Gasteiger partial charge in [-0.15, -0.1) is 5.10 Å². The fourth-order valence-electron chi connectivity index (χ4n) is 3.21. The lowest BCUT2D eigenvalue weighted by molar-refractivity contribution is 0.182. The van der Waals surface area contributed by atoms with Crippen molar-refractivity contribution in [2.45, 2.75) is 39.7 Å². The maximum absolute atomic E-state index is 12.8. The SMILES string of the molecule is C=C(C)c1cccc(C(C)(C)NC(=O)N2CCN(c3nnc(CC)o3)CC2)c1. The van der Waals surface area contributed by atoms with Gasteiger partial charge in [0.15, 0.2) is 0 Å².